The molecular formula is C16H25ClN6O3. The molecule has 144 valence electrons. The average molecular weight is 385 g/mol. The van der Waals surface area contributed by atoms with Gasteiger partial charge in [-0.25, -0.2) is 4.68 Å². The number of carbonyl (C=O) groups excluding carboxylic acids is 1. The molecule has 0 aromatic carbocycles. The number of ether oxygens (including phenoxy) is 2. The zero-order valence-electron chi connectivity index (χ0n) is 15.2. The van der Waals surface area contributed by atoms with Gasteiger partial charge in [0.1, 0.15) is 0 Å². The second kappa shape index (κ2) is 11.4. The van der Waals surface area contributed by atoms with E-state index in [2.05, 4.69) is 25.9 Å². The largest absolute Gasteiger partial charge is 0.477 e. The third kappa shape index (κ3) is 5.94. The van der Waals surface area contributed by atoms with Gasteiger partial charge in [0.2, 0.25) is 5.88 Å². The molecule has 2 heterocycles. The van der Waals surface area contributed by atoms with Crippen LogP contribution in [-0.2, 0) is 4.74 Å². The van der Waals surface area contributed by atoms with Crippen LogP contribution in [0.3, 0.4) is 0 Å². The molecule has 0 fully saturated rings. The Bertz CT molecular complexity index is 677. The minimum absolute atomic E-state index is 0. The van der Waals surface area contributed by atoms with Crippen molar-refractivity contribution >= 4 is 18.3 Å². The molecule has 9 nitrogen and oxygen atoms in total. The van der Waals surface area contributed by atoms with E-state index in [1.165, 1.54) is 6.20 Å². The monoisotopic (exact) mass is 384 g/mol. The molecule has 2 N–H and O–H groups in total. The number of methoxy groups -OCH3 is 1. The summed E-state index contributed by atoms with van der Waals surface area (Å²) in [6, 6.07) is 3.47. The second-order valence-electron chi connectivity index (χ2n) is 5.22. The van der Waals surface area contributed by atoms with Gasteiger partial charge in [-0.1, -0.05) is 0 Å². The van der Waals surface area contributed by atoms with Gasteiger partial charge < -0.3 is 20.1 Å². The van der Waals surface area contributed by atoms with Crippen molar-refractivity contribution in [2.45, 2.75) is 13.8 Å². The summed E-state index contributed by atoms with van der Waals surface area (Å²) in [4.78, 5) is 12.3. The summed E-state index contributed by atoms with van der Waals surface area (Å²) in [6.45, 7) is 6.81. The van der Waals surface area contributed by atoms with E-state index < -0.39 is 0 Å². The van der Waals surface area contributed by atoms with Crippen LogP contribution in [0, 0.1) is 6.92 Å². The predicted molar refractivity (Wildman–Crippen MR) is 99.4 cm³/mol. The number of hydrogen-bond donors (Lipinski definition) is 2. The van der Waals surface area contributed by atoms with Crippen LogP contribution >= 0.6 is 12.4 Å². The Morgan fingerprint density at radius 3 is 2.69 bits per heavy atom. The van der Waals surface area contributed by atoms with E-state index in [1.54, 1.807) is 23.9 Å². The lowest BCUT2D eigenvalue weighted by Crippen LogP contribution is -2.33. The first-order valence-electron chi connectivity index (χ1n) is 8.16. The summed E-state index contributed by atoms with van der Waals surface area (Å²) in [5.41, 5.74) is 1.20. The van der Waals surface area contributed by atoms with Gasteiger partial charge in [0.15, 0.2) is 5.82 Å². The maximum Gasteiger partial charge on any atom is 0.254 e. The van der Waals surface area contributed by atoms with Crippen LogP contribution in [0.25, 0.3) is 5.82 Å². The Morgan fingerprint density at radius 2 is 2.04 bits per heavy atom. The van der Waals surface area contributed by atoms with E-state index in [4.69, 9.17) is 9.47 Å². The topological polar surface area (TPSA) is 103 Å². The van der Waals surface area contributed by atoms with E-state index in [1.807, 2.05) is 13.8 Å². The molecule has 0 spiro atoms. The first-order valence-corrected chi connectivity index (χ1v) is 8.16. The number of nitrogens with zero attached hydrogens (tertiary/aromatic N) is 4. The summed E-state index contributed by atoms with van der Waals surface area (Å²) in [5.74, 6) is 0.812. The number of aromatic nitrogens is 4. The minimum Gasteiger partial charge on any atom is -0.477 e. The molecule has 0 bridgehead atoms. The quantitative estimate of drug-likeness (QED) is 0.583. The summed E-state index contributed by atoms with van der Waals surface area (Å²) in [7, 11) is 1.65. The van der Waals surface area contributed by atoms with Gasteiger partial charge in [0.25, 0.3) is 5.91 Å². The van der Waals surface area contributed by atoms with Crippen molar-refractivity contribution in [3.8, 4) is 11.7 Å². The minimum atomic E-state index is -0.170. The number of carbonyl (C=O) groups is 1. The van der Waals surface area contributed by atoms with E-state index in [9.17, 15) is 4.79 Å². The highest BCUT2D eigenvalue weighted by molar-refractivity contribution is 5.95. The van der Waals surface area contributed by atoms with Crippen molar-refractivity contribution in [3.63, 3.8) is 0 Å². The summed E-state index contributed by atoms with van der Waals surface area (Å²) in [5, 5.41) is 18.3. The molecule has 0 aliphatic carbocycles. The van der Waals surface area contributed by atoms with Crippen LogP contribution in [0.2, 0.25) is 0 Å². The molecule has 0 radical (unpaired) electrons. The Kier molecular flexibility index (Phi) is 9.56. The highest BCUT2D eigenvalue weighted by Gasteiger charge is 2.15. The van der Waals surface area contributed by atoms with Gasteiger partial charge in [-0.3, -0.25) is 4.79 Å². The summed E-state index contributed by atoms with van der Waals surface area (Å²) >= 11 is 0. The smallest absolute Gasteiger partial charge is 0.254 e. The fraction of sp³-hybridized carbons (Fsp3) is 0.500. The van der Waals surface area contributed by atoms with Gasteiger partial charge in [-0.15, -0.1) is 22.6 Å². The Morgan fingerprint density at radius 1 is 1.23 bits per heavy atom. The van der Waals surface area contributed by atoms with Gasteiger partial charge in [0, 0.05) is 32.8 Å². The van der Waals surface area contributed by atoms with Gasteiger partial charge in [0.05, 0.1) is 30.7 Å². The normalized spacial score (nSPS) is 10.3. The number of amides is 1. The lowest BCUT2D eigenvalue weighted by atomic mass is 10.2. The molecule has 2 rings (SSSR count). The van der Waals surface area contributed by atoms with E-state index in [0.717, 1.165) is 6.54 Å². The Labute approximate surface area is 158 Å². The zero-order valence-corrected chi connectivity index (χ0v) is 16.0. The molecule has 0 aliphatic heterocycles. The average Bonchev–Trinajstić information content (AvgIpc) is 3.00. The summed E-state index contributed by atoms with van der Waals surface area (Å²) < 4.78 is 11.8. The molecule has 10 heteroatoms. The van der Waals surface area contributed by atoms with E-state index >= 15 is 0 Å². The lowest BCUT2D eigenvalue weighted by molar-refractivity contribution is 0.0953. The molecular weight excluding hydrogens is 360 g/mol. The van der Waals surface area contributed by atoms with Crippen LogP contribution in [0.4, 0.5) is 0 Å². The maximum atomic E-state index is 12.3. The van der Waals surface area contributed by atoms with Crippen molar-refractivity contribution in [2.24, 2.45) is 0 Å². The Balaban J connectivity index is 0.00000338. The third-order valence-electron chi connectivity index (χ3n) is 3.46. The second-order valence-corrected chi connectivity index (χ2v) is 5.22. The van der Waals surface area contributed by atoms with Crippen molar-refractivity contribution < 1.29 is 14.3 Å². The van der Waals surface area contributed by atoms with Crippen LogP contribution in [0.15, 0.2) is 18.3 Å². The number of nitrogens with one attached hydrogen (secondary N) is 2. The molecule has 0 aliphatic rings. The van der Waals surface area contributed by atoms with Crippen LogP contribution < -0.4 is 15.4 Å². The van der Waals surface area contributed by atoms with Crippen LogP contribution in [-0.4, -0.2) is 65.8 Å². The molecule has 0 saturated heterocycles. The van der Waals surface area contributed by atoms with E-state index in [0.29, 0.717) is 49.3 Å². The van der Waals surface area contributed by atoms with Crippen molar-refractivity contribution in [2.75, 3.05) is 40.0 Å². The molecule has 0 atom stereocenters. The number of rotatable bonds is 10. The molecule has 1 amide bonds. The molecule has 0 unspecified atom stereocenters. The van der Waals surface area contributed by atoms with Crippen molar-refractivity contribution in [1.82, 2.24) is 30.6 Å². The standard InChI is InChI=1S/C16H24N6O3.ClH/c1-4-25-15-6-5-14(20-21-15)22-12(2)13(11-19-22)16(23)18-8-7-17-9-10-24-3;/h5-6,11,17H,4,7-10H2,1-3H3,(H,18,23);1H. The first kappa shape index (κ1) is 21.8. The fourth-order valence-corrected chi connectivity index (χ4v) is 2.17. The number of hydrogen-bond acceptors (Lipinski definition) is 7. The van der Waals surface area contributed by atoms with Crippen LogP contribution in [0.1, 0.15) is 23.0 Å². The van der Waals surface area contributed by atoms with Crippen molar-refractivity contribution in [1.29, 1.82) is 0 Å². The molecule has 0 saturated carbocycles. The van der Waals surface area contributed by atoms with Gasteiger partial charge in [-0.05, 0) is 19.9 Å². The van der Waals surface area contributed by atoms with E-state index in [-0.39, 0.29) is 18.3 Å². The third-order valence-corrected chi connectivity index (χ3v) is 3.46. The molecule has 26 heavy (non-hydrogen) atoms. The first-order chi connectivity index (χ1) is 12.2. The van der Waals surface area contributed by atoms with Gasteiger partial charge >= 0.3 is 0 Å². The molecule has 2 aromatic rings. The fourth-order valence-electron chi connectivity index (χ4n) is 2.17. The lowest BCUT2D eigenvalue weighted by Gasteiger charge is -2.07. The highest BCUT2D eigenvalue weighted by Crippen LogP contribution is 2.13. The van der Waals surface area contributed by atoms with Crippen molar-refractivity contribution in [3.05, 3.63) is 29.6 Å². The van der Waals surface area contributed by atoms with Crippen LogP contribution in [0.5, 0.6) is 5.88 Å². The zero-order chi connectivity index (χ0) is 18.1. The Hall–Kier alpha value is -2.23. The SMILES string of the molecule is CCOc1ccc(-n2ncc(C(=O)NCCNCCOC)c2C)nn1.Cl. The predicted octanol–water partition coefficient (Wildman–Crippen LogP) is 0.757. The highest BCUT2D eigenvalue weighted by atomic mass is 35.5. The number of halogens is 1. The van der Waals surface area contributed by atoms with Gasteiger partial charge in [-0.2, -0.15) is 5.10 Å². The maximum absolute atomic E-state index is 12.3. The molecule has 2 aromatic heterocycles. The summed E-state index contributed by atoms with van der Waals surface area (Å²) in [6.07, 6.45) is 1.53.